The van der Waals surface area contributed by atoms with Gasteiger partial charge in [-0.2, -0.15) is 9.61 Å². The lowest BCUT2D eigenvalue weighted by atomic mass is 10.1. The summed E-state index contributed by atoms with van der Waals surface area (Å²) in [6, 6.07) is 18.1. The average Bonchev–Trinajstić information content (AvgIpc) is 3.05. The Kier molecular flexibility index (Phi) is 4.58. The Hall–Kier alpha value is -2.86. The van der Waals surface area contributed by atoms with Crippen molar-refractivity contribution in [3.8, 4) is 17.1 Å². The first-order valence-corrected chi connectivity index (χ1v) is 9.26. The Balaban J connectivity index is 1.68. The quantitative estimate of drug-likeness (QED) is 0.493. The molecule has 0 radical (unpaired) electrons. The second-order valence-corrected chi connectivity index (χ2v) is 6.88. The zero-order valence-electron chi connectivity index (χ0n) is 14.6. The number of aryl methyl sites for hydroxylation is 1. The summed E-state index contributed by atoms with van der Waals surface area (Å²) in [6.45, 7) is 2.07. The van der Waals surface area contributed by atoms with Crippen molar-refractivity contribution in [2.24, 2.45) is 0 Å². The van der Waals surface area contributed by atoms with E-state index in [9.17, 15) is 0 Å². The third-order valence-corrected chi connectivity index (χ3v) is 4.98. The van der Waals surface area contributed by atoms with Gasteiger partial charge in [0.1, 0.15) is 10.7 Å². The molecule has 4 rings (SSSR count). The molecular formula is C20H18N4OS. The highest BCUT2D eigenvalue weighted by molar-refractivity contribution is 7.98. The maximum atomic E-state index is 5.62. The van der Waals surface area contributed by atoms with E-state index in [1.165, 1.54) is 5.56 Å². The molecule has 1 aromatic carbocycles. The molecule has 0 aliphatic rings. The van der Waals surface area contributed by atoms with Gasteiger partial charge in [0.15, 0.2) is 5.65 Å². The van der Waals surface area contributed by atoms with Crippen LogP contribution in [0.5, 0.6) is 5.88 Å². The molecule has 0 atom stereocenters. The standard InChI is InChI=1S/C20H18N4OS/c1-14-6-8-15(9-7-14)19-20(25-2)24-17(22-19)10-11-18(23-24)26-13-16-5-3-4-12-21-16/h3-12H,13H2,1-2H3. The number of benzene rings is 1. The van der Waals surface area contributed by atoms with Gasteiger partial charge in [0.05, 0.1) is 12.8 Å². The van der Waals surface area contributed by atoms with E-state index >= 15 is 0 Å². The van der Waals surface area contributed by atoms with Crippen molar-refractivity contribution >= 4 is 17.4 Å². The fourth-order valence-electron chi connectivity index (χ4n) is 2.69. The van der Waals surface area contributed by atoms with Crippen LogP contribution < -0.4 is 4.74 Å². The maximum absolute atomic E-state index is 5.62. The van der Waals surface area contributed by atoms with Gasteiger partial charge in [-0.1, -0.05) is 47.7 Å². The zero-order valence-corrected chi connectivity index (χ0v) is 15.4. The lowest BCUT2D eigenvalue weighted by Gasteiger charge is -2.04. The molecule has 0 bridgehead atoms. The van der Waals surface area contributed by atoms with Crippen LogP contribution in [0.3, 0.4) is 0 Å². The summed E-state index contributed by atoms with van der Waals surface area (Å²) in [5, 5.41) is 5.59. The summed E-state index contributed by atoms with van der Waals surface area (Å²) in [7, 11) is 1.65. The van der Waals surface area contributed by atoms with Crippen LogP contribution in [0.15, 0.2) is 65.8 Å². The van der Waals surface area contributed by atoms with E-state index in [4.69, 9.17) is 9.72 Å². The van der Waals surface area contributed by atoms with Gasteiger partial charge < -0.3 is 4.74 Å². The Morgan fingerprint density at radius 1 is 1.04 bits per heavy atom. The molecule has 0 saturated carbocycles. The van der Waals surface area contributed by atoms with Crippen molar-refractivity contribution in [2.45, 2.75) is 17.7 Å². The molecule has 3 heterocycles. The van der Waals surface area contributed by atoms with E-state index in [2.05, 4.69) is 41.3 Å². The lowest BCUT2D eigenvalue weighted by molar-refractivity contribution is 0.387. The molecule has 0 N–H and O–H groups in total. The van der Waals surface area contributed by atoms with E-state index in [0.29, 0.717) is 5.88 Å². The monoisotopic (exact) mass is 362 g/mol. The normalized spacial score (nSPS) is 11.0. The number of ether oxygens (including phenoxy) is 1. The third-order valence-electron chi connectivity index (χ3n) is 4.02. The highest BCUT2D eigenvalue weighted by atomic mass is 32.2. The number of thioether (sulfide) groups is 1. The predicted molar refractivity (Wildman–Crippen MR) is 104 cm³/mol. The van der Waals surface area contributed by atoms with E-state index in [1.54, 1.807) is 29.6 Å². The number of hydrogen-bond acceptors (Lipinski definition) is 5. The summed E-state index contributed by atoms with van der Waals surface area (Å²) in [4.78, 5) is 9.04. The van der Waals surface area contributed by atoms with E-state index in [1.807, 2.05) is 30.3 Å². The van der Waals surface area contributed by atoms with Crippen LogP contribution in [0.2, 0.25) is 0 Å². The van der Waals surface area contributed by atoms with Crippen molar-refractivity contribution in [3.63, 3.8) is 0 Å². The van der Waals surface area contributed by atoms with Gasteiger partial charge in [0, 0.05) is 17.5 Å². The average molecular weight is 362 g/mol. The van der Waals surface area contributed by atoms with Crippen molar-refractivity contribution < 1.29 is 4.74 Å². The van der Waals surface area contributed by atoms with Gasteiger partial charge in [-0.15, -0.1) is 0 Å². The molecular weight excluding hydrogens is 344 g/mol. The molecule has 0 unspecified atom stereocenters. The van der Waals surface area contributed by atoms with E-state index in [0.717, 1.165) is 33.4 Å². The Morgan fingerprint density at radius 2 is 1.88 bits per heavy atom. The fraction of sp³-hybridized carbons (Fsp3) is 0.150. The van der Waals surface area contributed by atoms with Gasteiger partial charge >= 0.3 is 0 Å². The number of rotatable bonds is 5. The summed E-state index contributed by atoms with van der Waals surface area (Å²) < 4.78 is 7.38. The molecule has 130 valence electrons. The van der Waals surface area contributed by atoms with Crippen molar-refractivity contribution in [3.05, 3.63) is 72.1 Å². The van der Waals surface area contributed by atoms with Crippen molar-refractivity contribution in [1.29, 1.82) is 0 Å². The molecule has 0 aliphatic carbocycles. The topological polar surface area (TPSA) is 52.3 Å². The molecule has 5 nitrogen and oxygen atoms in total. The minimum Gasteiger partial charge on any atom is -0.479 e. The first-order chi connectivity index (χ1) is 12.7. The number of fused-ring (bicyclic) bond motifs is 1. The van der Waals surface area contributed by atoms with Crippen LogP contribution in [0.1, 0.15) is 11.3 Å². The summed E-state index contributed by atoms with van der Waals surface area (Å²) >= 11 is 1.64. The second kappa shape index (κ2) is 7.17. The van der Waals surface area contributed by atoms with Crippen LogP contribution in [-0.4, -0.2) is 26.7 Å². The second-order valence-electron chi connectivity index (χ2n) is 5.89. The Labute approximate surface area is 156 Å². The lowest BCUT2D eigenvalue weighted by Crippen LogP contribution is -1.97. The highest BCUT2D eigenvalue weighted by Gasteiger charge is 2.16. The highest BCUT2D eigenvalue weighted by Crippen LogP contribution is 2.31. The molecule has 0 amide bonds. The number of hydrogen-bond donors (Lipinski definition) is 0. The molecule has 0 saturated heterocycles. The minimum atomic E-state index is 0.643. The van der Waals surface area contributed by atoms with Crippen LogP contribution in [0, 0.1) is 6.92 Å². The fourth-order valence-corrected chi connectivity index (χ4v) is 3.46. The van der Waals surface area contributed by atoms with Gasteiger partial charge in [-0.05, 0) is 31.2 Å². The molecule has 0 fully saturated rings. The maximum Gasteiger partial charge on any atom is 0.243 e. The summed E-state index contributed by atoms with van der Waals surface area (Å²) in [6.07, 6.45) is 1.80. The van der Waals surface area contributed by atoms with E-state index in [-0.39, 0.29) is 0 Å². The van der Waals surface area contributed by atoms with E-state index < -0.39 is 0 Å². The van der Waals surface area contributed by atoms with Gasteiger partial charge in [0.2, 0.25) is 5.88 Å². The number of imidazole rings is 1. The van der Waals surface area contributed by atoms with Crippen molar-refractivity contribution in [2.75, 3.05) is 7.11 Å². The summed E-state index contributed by atoms with van der Waals surface area (Å²) in [5.41, 5.74) is 4.81. The SMILES string of the molecule is COc1c(-c2ccc(C)cc2)nc2ccc(SCc3ccccn3)nn12. The molecule has 26 heavy (non-hydrogen) atoms. The van der Waals surface area contributed by atoms with Crippen LogP contribution >= 0.6 is 11.8 Å². The first-order valence-electron chi connectivity index (χ1n) is 8.28. The van der Waals surface area contributed by atoms with Crippen LogP contribution in [-0.2, 0) is 5.75 Å². The Morgan fingerprint density at radius 3 is 2.62 bits per heavy atom. The molecule has 3 aromatic heterocycles. The van der Waals surface area contributed by atoms with Gasteiger partial charge in [0.25, 0.3) is 0 Å². The van der Waals surface area contributed by atoms with Gasteiger partial charge in [-0.3, -0.25) is 4.98 Å². The minimum absolute atomic E-state index is 0.643. The van der Waals surface area contributed by atoms with Crippen LogP contribution in [0.25, 0.3) is 16.9 Å². The largest absolute Gasteiger partial charge is 0.479 e. The third kappa shape index (κ3) is 3.28. The number of nitrogens with zero attached hydrogens (tertiary/aromatic N) is 4. The predicted octanol–water partition coefficient (Wildman–Crippen LogP) is 4.40. The summed E-state index contributed by atoms with van der Waals surface area (Å²) in [5.74, 6) is 1.41. The smallest absolute Gasteiger partial charge is 0.243 e. The molecule has 0 aliphatic heterocycles. The number of aromatic nitrogens is 4. The number of pyridine rings is 1. The molecule has 6 heteroatoms. The Bertz CT molecular complexity index is 1030. The molecule has 0 spiro atoms. The van der Waals surface area contributed by atoms with Crippen LogP contribution in [0.4, 0.5) is 0 Å². The zero-order chi connectivity index (χ0) is 17.9. The number of methoxy groups -OCH3 is 1. The van der Waals surface area contributed by atoms with Crippen molar-refractivity contribution in [1.82, 2.24) is 19.6 Å². The first kappa shape index (κ1) is 16.6. The molecule has 4 aromatic rings. The van der Waals surface area contributed by atoms with Gasteiger partial charge in [-0.25, -0.2) is 4.98 Å².